The highest BCUT2D eigenvalue weighted by Gasteiger charge is 2.11. The first kappa shape index (κ1) is 19.9. The number of hydrogen-bond donors (Lipinski definition) is 0. The predicted molar refractivity (Wildman–Crippen MR) is 113 cm³/mol. The van der Waals surface area contributed by atoms with Crippen LogP contribution in [0.25, 0.3) is 0 Å². The maximum absolute atomic E-state index is 5.78. The lowest BCUT2D eigenvalue weighted by Gasteiger charge is -2.10. The molecule has 146 valence electrons. The molecule has 28 heavy (non-hydrogen) atoms. The highest BCUT2D eigenvalue weighted by molar-refractivity contribution is 7.98. The first-order valence-corrected chi connectivity index (χ1v) is 10.3. The molecule has 0 spiro atoms. The van der Waals surface area contributed by atoms with Gasteiger partial charge >= 0.3 is 0 Å². The van der Waals surface area contributed by atoms with Crippen molar-refractivity contribution in [2.75, 3.05) is 20.0 Å². The van der Waals surface area contributed by atoms with E-state index >= 15 is 0 Å². The number of thioether (sulfide) groups is 1. The SMILES string of the molecule is CCCOc1cc(/C=N\n2c(Cc3ccccc3)nnc2SC)ccc1OC. The average Bonchev–Trinajstić information content (AvgIpc) is 3.12. The van der Waals surface area contributed by atoms with E-state index in [2.05, 4.69) is 34.4 Å². The summed E-state index contributed by atoms with van der Waals surface area (Å²) in [4.78, 5) is 0. The van der Waals surface area contributed by atoms with Crippen molar-refractivity contribution >= 4 is 18.0 Å². The lowest BCUT2D eigenvalue weighted by Crippen LogP contribution is -2.02. The van der Waals surface area contributed by atoms with Crippen LogP contribution >= 0.6 is 11.8 Å². The molecule has 0 aliphatic rings. The highest BCUT2D eigenvalue weighted by atomic mass is 32.2. The van der Waals surface area contributed by atoms with Gasteiger partial charge in [0.05, 0.1) is 19.9 Å². The van der Waals surface area contributed by atoms with Crippen molar-refractivity contribution in [1.82, 2.24) is 14.9 Å². The Balaban J connectivity index is 1.86. The topological polar surface area (TPSA) is 61.5 Å². The average molecular weight is 397 g/mol. The van der Waals surface area contributed by atoms with Gasteiger partial charge in [0.15, 0.2) is 17.3 Å². The van der Waals surface area contributed by atoms with E-state index in [9.17, 15) is 0 Å². The van der Waals surface area contributed by atoms with E-state index in [0.717, 1.165) is 23.0 Å². The Morgan fingerprint density at radius 2 is 1.93 bits per heavy atom. The van der Waals surface area contributed by atoms with Gasteiger partial charge in [0.1, 0.15) is 0 Å². The van der Waals surface area contributed by atoms with Gasteiger partial charge in [-0.3, -0.25) is 0 Å². The lowest BCUT2D eigenvalue weighted by atomic mass is 10.1. The van der Waals surface area contributed by atoms with Crippen LogP contribution in [0.3, 0.4) is 0 Å². The maximum atomic E-state index is 5.78. The number of methoxy groups -OCH3 is 1. The molecule has 0 aliphatic heterocycles. The molecule has 0 aliphatic carbocycles. The van der Waals surface area contributed by atoms with Crippen molar-refractivity contribution < 1.29 is 9.47 Å². The Bertz CT molecular complexity index is 925. The molecule has 2 aromatic carbocycles. The number of rotatable bonds is 9. The Hall–Kier alpha value is -2.80. The van der Waals surface area contributed by atoms with E-state index in [0.29, 0.717) is 24.5 Å². The molecule has 7 heteroatoms. The van der Waals surface area contributed by atoms with Crippen LogP contribution in [0.5, 0.6) is 11.5 Å². The maximum Gasteiger partial charge on any atom is 0.211 e. The molecule has 0 fully saturated rings. The zero-order valence-electron chi connectivity index (χ0n) is 16.3. The first-order valence-electron chi connectivity index (χ1n) is 9.12. The summed E-state index contributed by atoms with van der Waals surface area (Å²) in [5.74, 6) is 2.22. The Labute approximate surface area is 169 Å². The number of nitrogens with zero attached hydrogens (tertiary/aromatic N) is 4. The molecule has 0 amide bonds. The molecule has 0 unspecified atom stereocenters. The summed E-state index contributed by atoms with van der Waals surface area (Å²) in [6, 6.07) is 15.9. The summed E-state index contributed by atoms with van der Waals surface area (Å²) in [6.45, 7) is 2.71. The monoisotopic (exact) mass is 396 g/mol. The molecule has 1 heterocycles. The van der Waals surface area contributed by atoms with Gasteiger partial charge in [0.2, 0.25) is 5.16 Å². The molecule has 3 rings (SSSR count). The van der Waals surface area contributed by atoms with E-state index in [1.54, 1.807) is 18.0 Å². The van der Waals surface area contributed by atoms with Gasteiger partial charge in [-0.25, -0.2) is 0 Å². The zero-order valence-corrected chi connectivity index (χ0v) is 17.1. The summed E-state index contributed by atoms with van der Waals surface area (Å²) in [6.07, 6.45) is 5.35. The van der Waals surface area contributed by atoms with Crippen molar-refractivity contribution in [3.05, 3.63) is 65.5 Å². The van der Waals surface area contributed by atoms with Crippen LogP contribution in [0.1, 0.15) is 30.3 Å². The number of aromatic nitrogens is 3. The minimum Gasteiger partial charge on any atom is -0.493 e. The molecule has 0 saturated carbocycles. The quantitative estimate of drug-likeness (QED) is 0.399. The highest BCUT2D eigenvalue weighted by Crippen LogP contribution is 2.27. The lowest BCUT2D eigenvalue weighted by molar-refractivity contribution is 0.294. The molecule has 3 aromatic rings. The Morgan fingerprint density at radius 3 is 2.64 bits per heavy atom. The summed E-state index contributed by atoms with van der Waals surface area (Å²) in [5, 5.41) is 13.9. The Kier molecular flexibility index (Phi) is 7.08. The van der Waals surface area contributed by atoms with Crippen LogP contribution in [0, 0.1) is 0 Å². The molecule has 0 atom stereocenters. The van der Waals surface area contributed by atoms with Crippen LogP contribution < -0.4 is 9.47 Å². The second kappa shape index (κ2) is 9.94. The summed E-state index contributed by atoms with van der Waals surface area (Å²) < 4.78 is 12.9. The van der Waals surface area contributed by atoms with Gasteiger partial charge in [-0.2, -0.15) is 9.78 Å². The predicted octanol–water partition coefficient (Wildman–Crippen LogP) is 4.27. The molecule has 1 aromatic heterocycles. The van der Waals surface area contributed by atoms with Crippen molar-refractivity contribution in [2.24, 2.45) is 5.10 Å². The van der Waals surface area contributed by atoms with E-state index < -0.39 is 0 Å². The van der Waals surface area contributed by atoms with E-state index in [1.807, 2.05) is 42.7 Å². The summed E-state index contributed by atoms with van der Waals surface area (Å²) >= 11 is 1.51. The molecule has 0 bridgehead atoms. The van der Waals surface area contributed by atoms with Crippen molar-refractivity contribution in [1.29, 1.82) is 0 Å². The third-order valence-corrected chi connectivity index (χ3v) is 4.66. The van der Waals surface area contributed by atoms with Crippen LogP contribution in [-0.4, -0.2) is 41.1 Å². The van der Waals surface area contributed by atoms with Crippen molar-refractivity contribution in [2.45, 2.75) is 24.9 Å². The fraction of sp³-hybridized carbons (Fsp3) is 0.286. The van der Waals surface area contributed by atoms with E-state index in [-0.39, 0.29) is 0 Å². The van der Waals surface area contributed by atoms with Crippen LogP contribution in [0.2, 0.25) is 0 Å². The largest absolute Gasteiger partial charge is 0.493 e. The zero-order chi connectivity index (χ0) is 19.8. The molecule has 0 saturated heterocycles. The van der Waals surface area contributed by atoms with Gasteiger partial charge in [-0.15, -0.1) is 10.2 Å². The second-order valence-electron chi connectivity index (χ2n) is 6.08. The number of ether oxygens (including phenoxy) is 2. The molecule has 0 radical (unpaired) electrons. The fourth-order valence-corrected chi connectivity index (χ4v) is 3.10. The van der Waals surface area contributed by atoms with Gasteiger partial charge in [-0.05, 0) is 42.0 Å². The number of hydrogen-bond acceptors (Lipinski definition) is 6. The minimum absolute atomic E-state index is 0.639. The smallest absolute Gasteiger partial charge is 0.211 e. The summed E-state index contributed by atoms with van der Waals surface area (Å²) in [5.41, 5.74) is 2.08. The fourth-order valence-electron chi connectivity index (χ4n) is 2.65. The third kappa shape index (κ3) is 4.92. The molecule has 0 N–H and O–H groups in total. The standard InChI is InChI=1S/C21H24N4O2S/c1-4-12-27-19-13-17(10-11-18(19)26-2)15-22-25-20(23-24-21(25)28-3)14-16-8-6-5-7-9-16/h5-11,13,15H,4,12,14H2,1-3H3/b22-15-. The van der Waals surface area contributed by atoms with Gasteiger partial charge in [0.25, 0.3) is 0 Å². The molecular weight excluding hydrogens is 372 g/mol. The van der Waals surface area contributed by atoms with Crippen LogP contribution in [0.4, 0.5) is 0 Å². The van der Waals surface area contributed by atoms with Crippen molar-refractivity contribution in [3.63, 3.8) is 0 Å². The van der Waals surface area contributed by atoms with Crippen molar-refractivity contribution in [3.8, 4) is 11.5 Å². The summed E-state index contributed by atoms with van der Waals surface area (Å²) in [7, 11) is 1.64. The number of benzene rings is 2. The van der Waals surface area contributed by atoms with Crippen LogP contribution in [-0.2, 0) is 6.42 Å². The third-order valence-electron chi connectivity index (χ3n) is 4.04. The van der Waals surface area contributed by atoms with Gasteiger partial charge in [-0.1, -0.05) is 49.0 Å². The van der Waals surface area contributed by atoms with E-state index in [4.69, 9.17) is 9.47 Å². The first-order chi connectivity index (χ1) is 13.7. The normalized spacial score (nSPS) is 11.1. The van der Waals surface area contributed by atoms with Gasteiger partial charge in [0, 0.05) is 6.42 Å². The minimum atomic E-state index is 0.639. The molecule has 6 nitrogen and oxygen atoms in total. The second-order valence-corrected chi connectivity index (χ2v) is 6.85. The Morgan fingerprint density at radius 1 is 1.11 bits per heavy atom. The molecular formula is C21H24N4O2S. The van der Waals surface area contributed by atoms with Crippen LogP contribution in [0.15, 0.2) is 58.8 Å². The van der Waals surface area contributed by atoms with E-state index in [1.165, 1.54) is 17.3 Å². The van der Waals surface area contributed by atoms with Gasteiger partial charge < -0.3 is 9.47 Å².